The molecule has 1 aromatic heterocycles. The topological polar surface area (TPSA) is 79.6 Å². The van der Waals surface area contributed by atoms with Crippen LogP contribution >= 0.6 is 0 Å². The van der Waals surface area contributed by atoms with E-state index in [-0.39, 0.29) is 23.6 Å². The van der Waals surface area contributed by atoms with Gasteiger partial charge in [-0.05, 0) is 64.9 Å². The number of hydrogen-bond acceptors (Lipinski definition) is 5. The van der Waals surface area contributed by atoms with E-state index in [1.807, 2.05) is 0 Å². The van der Waals surface area contributed by atoms with Crippen LogP contribution in [0.2, 0.25) is 0 Å². The number of aromatic nitrogens is 1. The molecule has 2 heterocycles. The number of benzene rings is 2. The number of nitro groups is 1. The van der Waals surface area contributed by atoms with Crippen LogP contribution in [0, 0.1) is 22.9 Å². The molecule has 0 spiro atoms. The van der Waals surface area contributed by atoms with Gasteiger partial charge >= 0.3 is 12.0 Å². The Morgan fingerprint density at radius 3 is 2.38 bits per heavy atom. The van der Waals surface area contributed by atoms with E-state index in [1.54, 1.807) is 6.92 Å². The molecule has 0 aliphatic carbocycles. The van der Waals surface area contributed by atoms with Crippen LogP contribution < -0.4 is 9.80 Å². The molecule has 0 atom stereocenters. The molecule has 11 heteroatoms. The van der Waals surface area contributed by atoms with Gasteiger partial charge in [0.1, 0.15) is 12.5 Å². The van der Waals surface area contributed by atoms with Crippen LogP contribution in [0.15, 0.2) is 54.7 Å². The van der Waals surface area contributed by atoms with Crippen molar-refractivity contribution >= 4 is 28.8 Å². The van der Waals surface area contributed by atoms with Gasteiger partial charge in [-0.15, -0.1) is 0 Å². The third kappa shape index (κ3) is 3.72. The number of aryl methyl sites for hydroxylation is 1. The fraction of sp³-hybridized carbons (Fsp3) is 0.143. The zero-order valence-electron chi connectivity index (χ0n) is 16.4. The van der Waals surface area contributed by atoms with E-state index in [1.165, 1.54) is 34.1 Å². The predicted octanol–water partition coefficient (Wildman–Crippen LogP) is 5.21. The Bertz CT molecular complexity index is 1230. The number of fused-ring (bicyclic) bond motifs is 1. The number of amides is 1. The first-order valence-corrected chi connectivity index (χ1v) is 9.23. The second-order valence-electron chi connectivity index (χ2n) is 7.09. The number of nitrogens with zero attached hydrogens (tertiary/aromatic N) is 4. The van der Waals surface area contributed by atoms with Crippen molar-refractivity contribution < 1.29 is 27.3 Å². The van der Waals surface area contributed by atoms with Crippen molar-refractivity contribution in [3.8, 4) is 0 Å². The van der Waals surface area contributed by atoms with E-state index in [2.05, 4.69) is 4.98 Å². The highest BCUT2D eigenvalue weighted by atomic mass is 19.4. The van der Waals surface area contributed by atoms with Crippen molar-refractivity contribution in [3.63, 3.8) is 0 Å². The Morgan fingerprint density at radius 1 is 1.03 bits per heavy atom. The Kier molecular flexibility index (Phi) is 5.03. The summed E-state index contributed by atoms with van der Waals surface area (Å²) in [6, 6.07) is 9.03. The summed E-state index contributed by atoms with van der Waals surface area (Å²) in [5, 5.41) is 10.9. The fourth-order valence-electron chi connectivity index (χ4n) is 3.51. The fourth-order valence-corrected chi connectivity index (χ4v) is 3.51. The smallest absolute Gasteiger partial charge is 0.358 e. The Hall–Kier alpha value is -4.02. The number of rotatable bonds is 3. The van der Waals surface area contributed by atoms with Gasteiger partial charge in [0.05, 0.1) is 22.5 Å². The SMILES string of the molecule is Cc1cc(F)ccc1N1CN(c2ccc([N+](=O)[O-])nc2)C(=O)c2ccc(C(F)(F)F)cc21. The molecule has 0 N–H and O–H groups in total. The van der Waals surface area contributed by atoms with E-state index < -0.39 is 34.2 Å². The van der Waals surface area contributed by atoms with Crippen LogP contribution in [0.5, 0.6) is 0 Å². The first-order chi connectivity index (χ1) is 15.1. The normalized spacial score (nSPS) is 13.8. The summed E-state index contributed by atoms with van der Waals surface area (Å²) in [5.41, 5.74) is 0.149. The molecule has 0 radical (unpaired) electrons. The molecule has 164 valence electrons. The summed E-state index contributed by atoms with van der Waals surface area (Å²) in [6.45, 7) is 1.39. The van der Waals surface area contributed by atoms with Crippen LogP contribution in [0.4, 0.5) is 40.4 Å². The van der Waals surface area contributed by atoms with Gasteiger partial charge in [0, 0.05) is 11.8 Å². The van der Waals surface area contributed by atoms with Crippen LogP contribution in [-0.2, 0) is 6.18 Å². The lowest BCUT2D eigenvalue weighted by molar-refractivity contribution is -0.389. The van der Waals surface area contributed by atoms with E-state index >= 15 is 0 Å². The molecule has 0 saturated heterocycles. The van der Waals surface area contributed by atoms with Gasteiger partial charge in [-0.2, -0.15) is 13.2 Å². The highest BCUT2D eigenvalue weighted by Gasteiger charge is 2.37. The van der Waals surface area contributed by atoms with Gasteiger partial charge in [0.25, 0.3) is 5.91 Å². The second-order valence-corrected chi connectivity index (χ2v) is 7.09. The molecule has 0 fully saturated rings. The molecule has 2 aromatic carbocycles. The molecule has 1 aliphatic rings. The lowest BCUT2D eigenvalue weighted by Gasteiger charge is -2.38. The molecule has 4 rings (SSSR count). The van der Waals surface area contributed by atoms with Gasteiger partial charge in [-0.3, -0.25) is 9.69 Å². The summed E-state index contributed by atoms with van der Waals surface area (Å²) >= 11 is 0. The molecule has 0 unspecified atom stereocenters. The van der Waals surface area contributed by atoms with E-state index in [0.717, 1.165) is 30.5 Å². The molecule has 0 bridgehead atoms. The Morgan fingerprint density at radius 2 is 1.78 bits per heavy atom. The maximum atomic E-state index is 13.6. The van der Waals surface area contributed by atoms with Crippen molar-refractivity contribution in [2.45, 2.75) is 13.1 Å². The molecule has 3 aromatic rings. The number of pyridine rings is 1. The third-order valence-corrected chi connectivity index (χ3v) is 5.05. The van der Waals surface area contributed by atoms with Crippen molar-refractivity contribution in [1.29, 1.82) is 0 Å². The molecule has 0 saturated carbocycles. The minimum Gasteiger partial charge on any atom is -0.358 e. The highest BCUT2D eigenvalue weighted by Crippen LogP contribution is 2.40. The number of carbonyl (C=O) groups is 1. The monoisotopic (exact) mass is 446 g/mol. The predicted molar refractivity (Wildman–Crippen MR) is 107 cm³/mol. The number of hydrogen-bond donors (Lipinski definition) is 0. The average molecular weight is 446 g/mol. The molecular formula is C21H14F4N4O3. The van der Waals surface area contributed by atoms with Gasteiger partial charge in [0.15, 0.2) is 6.20 Å². The molecule has 1 amide bonds. The Balaban J connectivity index is 1.86. The maximum absolute atomic E-state index is 13.6. The van der Waals surface area contributed by atoms with Gasteiger partial charge in [-0.1, -0.05) is 0 Å². The average Bonchev–Trinajstić information content (AvgIpc) is 2.74. The van der Waals surface area contributed by atoms with Crippen molar-refractivity contribution in [1.82, 2.24) is 4.98 Å². The number of anilines is 3. The largest absolute Gasteiger partial charge is 0.416 e. The van der Waals surface area contributed by atoms with Crippen molar-refractivity contribution in [3.05, 3.63) is 87.3 Å². The highest BCUT2D eigenvalue weighted by molar-refractivity contribution is 6.12. The summed E-state index contributed by atoms with van der Waals surface area (Å²) in [4.78, 5) is 29.7. The van der Waals surface area contributed by atoms with E-state index in [4.69, 9.17) is 0 Å². The van der Waals surface area contributed by atoms with Gasteiger partial charge < -0.3 is 15.0 Å². The van der Waals surface area contributed by atoms with E-state index in [0.29, 0.717) is 11.3 Å². The first kappa shape index (κ1) is 21.2. The van der Waals surface area contributed by atoms with Crippen LogP contribution in [-0.4, -0.2) is 22.5 Å². The standard InChI is InChI=1S/C21H14F4N4O3/c1-12-8-14(22)3-6-17(12)28-11-27(15-4-7-19(26-10-15)29(31)32)20(30)16-5-2-13(9-18(16)28)21(23,24)25/h2-10H,11H2,1H3. The quantitative estimate of drug-likeness (QED) is 0.313. The lowest BCUT2D eigenvalue weighted by Crippen LogP contribution is -2.45. The number of halogens is 4. The van der Waals surface area contributed by atoms with Crippen LogP contribution in [0.3, 0.4) is 0 Å². The molecular weight excluding hydrogens is 432 g/mol. The summed E-state index contributed by atoms with van der Waals surface area (Å²) in [5.74, 6) is -1.53. The van der Waals surface area contributed by atoms with Gasteiger partial charge in [0.2, 0.25) is 0 Å². The third-order valence-electron chi connectivity index (χ3n) is 5.05. The van der Waals surface area contributed by atoms with Crippen molar-refractivity contribution in [2.75, 3.05) is 16.5 Å². The zero-order chi connectivity index (χ0) is 23.2. The van der Waals surface area contributed by atoms with Crippen LogP contribution in [0.25, 0.3) is 0 Å². The van der Waals surface area contributed by atoms with Gasteiger partial charge in [-0.25, -0.2) is 4.39 Å². The second kappa shape index (κ2) is 7.59. The Labute approximate surface area is 178 Å². The summed E-state index contributed by atoms with van der Waals surface area (Å²) in [6.07, 6.45) is -3.48. The summed E-state index contributed by atoms with van der Waals surface area (Å²) in [7, 11) is 0. The maximum Gasteiger partial charge on any atom is 0.416 e. The number of carbonyl (C=O) groups excluding carboxylic acids is 1. The van der Waals surface area contributed by atoms with Crippen LogP contribution in [0.1, 0.15) is 21.5 Å². The van der Waals surface area contributed by atoms with Crippen molar-refractivity contribution in [2.24, 2.45) is 0 Å². The van der Waals surface area contributed by atoms with E-state index in [9.17, 15) is 32.5 Å². The molecule has 7 nitrogen and oxygen atoms in total. The summed E-state index contributed by atoms with van der Waals surface area (Å²) < 4.78 is 53.6. The molecule has 1 aliphatic heterocycles. The first-order valence-electron chi connectivity index (χ1n) is 9.23. The zero-order valence-corrected chi connectivity index (χ0v) is 16.4. The minimum atomic E-state index is -4.62. The number of alkyl halides is 3. The lowest BCUT2D eigenvalue weighted by atomic mass is 10.0. The minimum absolute atomic E-state index is 0.00803. The molecule has 32 heavy (non-hydrogen) atoms.